The minimum Gasteiger partial charge on any atom is -0.480 e. The average Bonchev–Trinajstić information content (AvgIpc) is 2.38. The van der Waals surface area contributed by atoms with Crippen molar-refractivity contribution in [2.45, 2.75) is 26.4 Å². The van der Waals surface area contributed by atoms with E-state index in [2.05, 4.69) is 24.1 Å². The highest BCUT2D eigenvalue weighted by Crippen LogP contribution is 2.24. The quantitative estimate of drug-likeness (QED) is 0.667. The number of aliphatic carboxylic acids is 1. The Hall–Kier alpha value is -1.34. The molecule has 7 nitrogen and oxygen atoms in total. The van der Waals surface area contributed by atoms with Gasteiger partial charge >= 0.3 is 12.0 Å². The first-order valence-electron chi connectivity index (χ1n) is 7.01. The monoisotopic (exact) mass is 287 g/mol. The number of rotatable bonds is 8. The fraction of sp³-hybridized carbons (Fsp3) is 0.846. The summed E-state index contributed by atoms with van der Waals surface area (Å²) in [7, 11) is 0. The molecule has 0 bridgehead atoms. The zero-order valence-electron chi connectivity index (χ0n) is 12.5. The van der Waals surface area contributed by atoms with E-state index in [1.165, 1.54) is 0 Å². The van der Waals surface area contributed by atoms with Crippen LogP contribution >= 0.6 is 0 Å². The molecule has 1 aliphatic heterocycles. The van der Waals surface area contributed by atoms with Crippen LogP contribution in [-0.4, -0.2) is 78.4 Å². The molecule has 1 rings (SSSR count). The Balaban J connectivity index is 2.19. The molecule has 0 aromatic rings. The van der Waals surface area contributed by atoms with Crippen LogP contribution in [0.1, 0.15) is 20.8 Å². The molecule has 0 spiro atoms. The molecule has 1 aliphatic rings. The van der Waals surface area contributed by atoms with Gasteiger partial charge in [-0.25, -0.2) is 9.59 Å². The first-order valence-corrected chi connectivity index (χ1v) is 7.01. The van der Waals surface area contributed by atoms with E-state index in [-0.39, 0.29) is 12.6 Å². The predicted molar refractivity (Wildman–Crippen MR) is 74.8 cm³/mol. The Bertz CT molecular complexity index is 339. The van der Waals surface area contributed by atoms with Crippen LogP contribution in [-0.2, 0) is 9.53 Å². The summed E-state index contributed by atoms with van der Waals surface area (Å²) in [6.45, 7) is 9.91. The van der Waals surface area contributed by atoms with Gasteiger partial charge in [-0.1, -0.05) is 13.8 Å². The van der Waals surface area contributed by atoms with Crippen LogP contribution in [0.5, 0.6) is 0 Å². The molecule has 0 aromatic carbocycles. The molecule has 7 heteroatoms. The largest absolute Gasteiger partial charge is 0.480 e. The number of carboxylic acids is 1. The molecule has 2 N–H and O–H groups in total. The highest BCUT2D eigenvalue weighted by atomic mass is 16.5. The summed E-state index contributed by atoms with van der Waals surface area (Å²) in [5.74, 6) is -0.992. The van der Waals surface area contributed by atoms with E-state index in [0.29, 0.717) is 19.6 Å². The highest BCUT2D eigenvalue weighted by Gasteiger charge is 2.42. The van der Waals surface area contributed by atoms with Crippen LogP contribution < -0.4 is 5.32 Å². The molecule has 2 amide bonds. The molecule has 0 atom stereocenters. The number of nitrogens with zero attached hydrogens (tertiary/aromatic N) is 2. The number of ether oxygens (including phenoxy) is 1. The van der Waals surface area contributed by atoms with Crippen molar-refractivity contribution in [3.63, 3.8) is 0 Å². The Morgan fingerprint density at radius 1 is 1.35 bits per heavy atom. The van der Waals surface area contributed by atoms with Gasteiger partial charge in [-0.05, 0) is 20.0 Å². The number of nitrogens with one attached hydrogen (secondary N) is 1. The standard InChI is InChI=1S/C13H25N3O4/c1-4-15(5-2)7-6-14-12(19)16-9-13(3,10-16)20-8-11(17)18/h4-10H2,1-3H3,(H,14,19)(H,17,18). The van der Waals surface area contributed by atoms with Gasteiger partial charge in [0.25, 0.3) is 0 Å². The molecule has 0 aromatic heterocycles. The lowest BCUT2D eigenvalue weighted by Crippen LogP contribution is -2.65. The number of carbonyl (C=O) groups is 2. The molecule has 0 aliphatic carbocycles. The summed E-state index contributed by atoms with van der Waals surface area (Å²) in [6.07, 6.45) is 0. The van der Waals surface area contributed by atoms with Crippen molar-refractivity contribution in [2.75, 3.05) is 45.9 Å². The third kappa shape index (κ3) is 4.97. The Kier molecular flexibility index (Phi) is 6.22. The van der Waals surface area contributed by atoms with E-state index in [4.69, 9.17) is 9.84 Å². The van der Waals surface area contributed by atoms with Crippen molar-refractivity contribution in [2.24, 2.45) is 0 Å². The van der Waals surface area contributed by atoms with Gasteiger partial charge in [0.1, 0.15) is 12.2 Å². The van der Waals surface area contributed by atoms with E-state index in [9.17, 15) is 9.59 Å². The smallest absolute Gasteiger partial charge is 0.329 e. The minimum absolute atomic E-state index is 0.117. The molecule has 1 fully saturated rings. The number of urea groups is 1. The second-order valence-electron chi connectivity index (χ2n) is 5.25. The van der Waals surface area contributed by atoms with E-state index < -0.39 is 11.6 Å². The normalized spacial score (nSPS) is 16.9. The fourth-order valence-electron chi connectivity index (χ4n) is 2.20. The minimum atomic E-state index is -0.992. The van der Waals surface area contributed by atoms with Gasteiger partial charge in [0.15, 0.2) is 0 Å². The first kappa shape index (κ1) is 16.7. The number of carbonyl (C=O) groups excluding carboxylic acids is 1. The third-order valence-corrected chi connectivity index (χ3v) is 3.48. The van der Waals surface area contributed by atoms with Crippen molar-refractivity contribution >= 4 is 12.0 Å². The maximum absolute atomic E-state index is 11.8. The van der Waals surface area contributed by atoms with Gasteiger partial charge in [0, 0.05) is 13.1 Å². The van der Waals surface area contributed by atoms with Gasteiger partial charge in [0.05, 0.1) is 13.1 Å². The lowest BCUT2D eigenvalue weighted by molar-refractivity contribution is -0.159. The maximum Gasteiger partial charge on any atom is 0.329 e. The number of hydrogen-bond acceptors (Lipinski definition) is 4. The van der Waals surface area contributed by atoms with Crippen molar-refractivity contribution in [1.29, 1.82) is 0 Å². The van der Waals surface area contributed by atoms with Crippen LogP contribution in [0.25, 0.3) is 0 Å². The van der Waals surface area contributed by atoms with Crippen LogP contribution in [0.3, 0.4) is 0 Å². The number of hydrogen-bond donors (Lipinski definition) is 2. The van der Waals surface area contributed by atoms with Gasteiger partial charge in [-0.2, -0.15) is 0 Å². The lowest BCUT2D eigenvalue weighted by Gasteiger charge is -2.47. The van der Waals surface area contributed by atoms with E-state index in [1.807, 2.05) is 6.92 Å². The summed E-state index contributed by atoms with van der Waals surface area (Å²) in [5, 5.41) is 11.4. The van der Waals surface area contributed by atoms with Crippen LogP contribution in [0, 0.1) is 0 Å². The van der Waals surface area contributed by atoms with Crippen LogP contribution in [0.15, 0.2) is 0 Å². The molecule has 116 valence electrons. The number of likely N-dealkylation sites (N-methyl/N-ethyl adjacent to an activating group) is 1. The van der Waals surface area contributed by atoms with Gasteiger partial charge in [0.2, 0.25) is 0 Å². The SMILES string of the molecule is CCN(CC)CCNC(=O)N1CC(C)(OCC(=O)O)C1. The summed E-state index contributed by atoms with van der Waals surface area (Å²) in [5.41, 5.74) is -0.533. The number of carboxylic acid groups (broad SMARTS) is 1. The molecule has 0 radical (unpaired) electrons. The average molecular weight is 287 g/mol. The van der Waals surface area contributed by atoms with Crippen LogP contribution in [0.4, 0.5) is 4.79 Å². The topological polar surface area (TPSA) is 82.1 Å². The molecular formula is C13H25N3O4. The summed E-state index contributed by atoms with van der Waals surface area (Å²) in [4.78, 5) is 26.1. The summed E-state index contributed by atoms with van der Waals surface area (Å²) >= 11 is 0. The molecule has 0 unspecified atom stereocenters. The molecular weight excluding hydrogens is 262 g/mol. The highest BCUT2D eigenvalue weighted by molar-refractivity contribution is 5.75. The molecule has 20 heavy (non-hydrogen) atoms. The van der Waals surface area contributed by atoms with E-state index in [0.717, 1.165) is 19.6 Å². The van der Waals surface area contributed by atoms with E-state index >= 15 is 0 Å². The first-order chi connectivity index (χ1) is 9.40. The Morgan fingerprint density at radius 3 is 2.45 bits per heavy atom. The Morgan fingerprint density at radius 2 is 1.95 bits per heavy atom. The zero-order valence-corrected chi connectivity index (χ0v) is 12.5. The van der Waals surface area contributed by atoms with Crippen molar-refractivity contribution < 1.29 is 19.4 Å². The Labute approximate surface area is 119 Å². The molecule has 0 saturated carbocycles. The van der Waals surface area contributed by atoms with E-state index in [1.54, 1.807) is 4.90 Å². The van der Waals surface area contributed by atoms with Gasteiger partial charge in [-0.3, -0.25) is 0 Å². The van der Waals surface area contributed by atoms with Gasteiger partial charge < -0.3 is 25.0 Å². The maximum atomic E-state index is 11.8. The third-order valence-electron chi connectivity index (χ3n) is 3.48. The summed E-state index contributed by atoms with van der Waals surface area (Å²) < 4.78 is 5.26. The lowest BCUT2D eigenvalue weighted by atomic mass is 9.97. The summed E-state index contributed by atoms with van der Waals surface area (Å²) in [6, 6.07) is -0.117. The number of likely N-dealkylation sites (tertiary alicyclic amines) is 1. The van der Waals surface area contributed by atoms with Crippen molar-refractivity contribution in [3.05, 3.63) is 0 Å². The second-order valence-corrected chi connectivity index (χ2v) is 5.25. The van der Waals surface area contributed by atoms with Crippen LogP contribution in [0.2, 0.25) is 0 Å². The predicted octanol–water partition coefficient (Wildman–Crippen LogP) is 0.213. The van der Waals surface area contributed by atoms with Crippen molar-refractivity contribution in [1.82, 2.24) is 15.1 Å². The van der Waals surface area contributed by atoms with Gasteiger partial charge in [-0.15, -0.1) is 0 Å². The zero-order chi connectivity index (χ0) is 15.2. The second kappa shape index (κ2) is 7.44. The molecule has 1 saturated heterocycles. The number of amides is 2. The van der Waals surface area contributed by atoms with Crippen molar-refractivity contribution in [3.8, 4) is 0 Å². The fourth-order valence-corrected chi connectivity index (χ4v) is 2.20. The molecule has 1 heterocycles.